The Morgan fingerprint density at radius 2 is 1.73 bits per heavy atom. The Kier molecular flexibility index (Phi) is 5.20. The lowest BCUT2D eigenvalue weighted by molar-refractivity contribution is -0.123. The zero-order valence-electron chi connectivity index (χ0n) is 19.0. The number of anilines is 2. The molecule has 168 valence electrons. The van der Waals surface area contributed by atoms with Crippen molar-refractivity contribution in [3.63, 3.8) is 0 Å². The molecule has 2 heterocycles. The zero-order chi connectivity index (χ0) is 23.2. The molecule has 0 saturated carbocycles. The van der Waals surface area contributed by atoms with E-state index in [-0.39, 0.29) is 16.7 Å². The van der Waals surface area contributed by atoms with E-state index in [0.717, 1.165) is 28.1 Å². The van der Waals surface area contributed by atoms with Crippen molar-refractivity contribution in [3.05, 3.63) is 95.6 Å². The molecule has 2 aliphatic rings. The number of para-hydroxylation sites is 1. The van der Waals surface area contributed by atoms with Crippen molar-refractivity contribution in [1.29, 1.82) is 0 Å². The van der Waals surface area contributed by atoms with Gasteiger partial charge in [-0.15, -0.1) is 11.8 Å². The normalized spacial score (nSPS) is 20.9. The number of thioether (sulfide) groups is 1. The van der Waals surface area contributed by atoms with Gasteiger partial charge in [0.1, 0.15) is 0 Å². The minimum atomic E-state index is -1.09. The minimum Gasteiger partial charge on any atom is -0.308 e. The summed E-state index contributed by atoms with van der Waals surface area (Å²) in [7, 11) is 0. The molecular weight excluding hydrogens is 430 g/mol. The van der Waals surface area contributed by atoms with E-state index in [1.165, 1.54) is 0 Å². The van der Waals surface area contributed by atoms with Crippen molar-refractivity contribution >= 4 is 35.1 Å². The largest absolute Gasteiger partial charge is 0.323 e. The number of nitrogens with zero attached hydrogens (tertiary/aromatic N) is 2. The van der Waals surface area contributed by atoms with Crippen LogP contribution >= 0.6 is 11.8 Å². The maximum Gasteiger partial charge on any atom is 0.323 e. The SMILES string of the molecule is Cc1cccc(NC(=O)N2CC(C)(C)S[C@@]23C(=O)N(Cc2ccccc2)c2ccccc23)c1. The lowest BCUT2D eigenvalue weighted by Gasteiger charge is -2.33. The number of carbonyl (C=O) groups is 2. The number of rotatable bonds is 3. The van der Waals surface area contributed by atoms with Crippen LogP contribution in [0.3, 0.4) is 0 Å². The van der Waals surface area contributed by atoms with Crippen molar-refractivity contribution in [2.75, 3.05) is 16.8 Å². The van der Waals surface area contributed by atoms with Crippen molar-refractivity contribution < 1.29 is 9.59 Å². The average molecular weight is 458 g/mol. The topological polar surface area (TPSA) is 52.7 Å². The highest BCUT2D eigenvalue weighted by atomic mass is 32.2. The van der Waals surface area contributed by atoms with Gasteiger partial charge in [-0.2, -0.15) is 0 Å². The monoisotopic (exact) mass is 457 g/mol. The van der Waals surface area contributed by atoms with Crippen molar-refractivity contribution in [2.24, 2.45) is 0 Å². The van der Waals surface area contributed by atoms with E-state index in [4.69, 9.17) is 0 Å². The first-order valence-electron chi connectivity index (χ1n) is 11.1. The van der Waals surface area contributed by atoms with Crippen LogP contribution in [0.4, 0.5) is 16.2 Å². The number of hydrogen-bond donors (Lipinski definition) is 1. The summed E-state index contributed by atoms with van der Waals surface area (Å²) in [6.07, 6.45) is 0. The molecule has 1 atom stereocenters. The number of aryl methyl sites for hydroxylation is 1. The fourth-order valence-electron chi connectivity index (χ4n) is 4.79. The number of urea groups is 1. The van der Waals surface area contributed by atoms with Crippen molar-refractivity contribution in [3.8, 4) is 0 Å². The molecule has 1 spiro atoms. The summed E-state index contributed by atoms with van der Waals surface area (Å²) in [6, 6.07) is 25.3. The Balaban J connectivity index is 1.56. The van der Waals surface area contributed by atoms with E-state index < -0.39 is 4.87 Å². The number of hydrogen-bond acceptors (Lipinski definition) is 3. The summed E-state index contributed by atoms with van der Waals surface area (Å²) in [5.41, 5.74) is 4.58. The molecule has 0 bridgehead atoms. The summed E-state index contributed by atoms with van der Waals surface area (Å²) in [5, 5.41) is 3.03. The van der Waals surface area contributed by atoms with Crippen molar-refractivity contribution in [1.82, 2.24) is 4.90 Å². The third-order valence-electron chi connectivity index (χ3n) is 6.14. The van der Waals surface area contributed by atoms with E-state index in [9.17, 15) is 9.59 Å². The molecule has 33 heavy (non-hydrogen) atoms. The molecule has 3 amide bonds. The van der Waals surface area contributed by atoms with Crippen LogP contribution in [0.5, 0.6) is 0 Å². The number of nitrogens with one attached hydrogen (secondary N) is 1. The third-order valence-corrected chi connectivity index (χ3v) is 7.73. The molecule has 5 nitrogen and oxygen atoms in total. The molecule has 0 radical (unpaired) electrons. The molecule has 0 aromatic heterocycles. The van der Waals surface area contributed by atoms with Gasteiger partial charge < -0.3 is 10.2 Å². The highest BCUT2D eigenvalue weighted by Gasteiger charge is 2.63. The highest BCUT2D eigenvalue weighted by molar-refractivity contribution is 8.02. The second kappa shape index (κ2) is 7.96. The smallest absolute Gasteiger partial charge is 0.308 e. The summed E-state index contributed by atoms with van der Waals surface area (Å²) in [5.74, 6) is -0.0671. The fraction of sp³-hybridized carbons (Fsp3) is 0.259. The van der Waals surface area contributed by atoms with Crippen LogP contribution in [-0.4, -0.2) is 28.1 Å². The fourth-order valence-corrected chi connectivity index (χ4v) is 6.52. The maximum absolute atomic E-state index is 14.2. The van der Waals surface area contributed by atoms with Gasteiger partial charge in [-0.05, 0) is 50.1 Å². The van der Waals surface area contributed by atoms with Crippen LogP contribution in [0, 0.1) is 6.92 Å². The Hall–Kier alpha value is -3.25. The Morgan fingerprint density at radius 1 is 1.00 bits per heavy atom. The molecular formula is C27H27N3O2S. The lowest BCUT2D eigenvalue weighted by Crippen LogP contribution is -2.51. The van der Waals surface area contributed by atoms with Crippen LogP contribution in [0.25, 0.3) is 0 Å². The minimum absolute atomic E-state index is 0.0671. The first-order valence-corrected chi connectivity index (χ1v) is 11.9. The number of fused-ring (bicyclic) bond motifs is 2. The number of carbonyl (C=O) groups excluding carboxylic acids is 2. The van der Waals surface area contributed by atoms with Crippen LogP contribution in [-0.2, 0) is 16.2 Å². The summed E-state index contributed by atoms with van der Waals surface area (Å²) < 4.78 is -0.282. The quantitative estimate of drug-likeness (QED) is 0.545. The molecule has 1 N–H and O–H groups in total. The van der Waals surface area contributed by atoms with E-state index in [1.807, 2.05) is 90.7 Å². The Morgan fingerprint density at radius 3 is 2.48 bits per heavy atom. The average Bonchev–Trinajstić information content (AvgIpc) is 3.21. The van der Waals surface area contributed by atoms with Gasteiger partial charge in [0.25, 0.3) is 5.91 Å². The molecule has 3 aromatic carbocycles. The maximum atomic E-state index is 14.2. The molecule has 1 fully saturated rings. The first-order chi connectivity index (χ1) is 15.8. The molecule has 5 rings (SSSR count). The van der Waals surface area contributed by atoms with Gasteiger partial charge in [-0.3, -0.25) is 9.69 Å². The van der Waals surface area contributed by atoms with Gasteiger partial charge in [0, 0.05) is 22.5 Å². The molecule has 2 aliphatic heterocycles. The summed E-state index contributed by atoms with van der Waals surface area (Å²) in [6.45, 7) is 7.11. The molecule has 1 saturated heterocycles. The molecule has 0 aliphatic carbocycles. The first kappa shape index (κ1) is 21.6. The van der Waals surface area contributed by atoms with Gasteiger partial charge in [-0.1, -0.05) is 60.7 Å². The Labute approximate surface area is 198 Å². The van der Waals surface area contributed by atoms with Gasteiger partial charge in [-0.25, -0.2) is 4.79 Å². The van der Waals surface area contributed by atoms with Gasteiger partial charge in [0.05, 0.1) is 12.2 Å². The summed E-state index contributed by atoms with van der Waals surface area (Å²) >= 11 is 1.57. The molecule has 0 unspecified atom stereocenters. The Bertz CT molecular complexity index is 1230. The third kappa shape index (κ3) is 3.68. The zero-order valence-corrected chi connectivity index (χ0v) is 19.9. The van der Waals surface area contributed by atoms with Gasteiger partial charge >= 0.3 is 6.03 Å². The lowest BCUT2D eigenvalue weighted by atomic mass is 10.0. The summed E-state index contributed by atoms with van der Waals surface area (Å²) in [4.78, 5) is 30.3. The van der Waals surface area contributed by atoms with Gasteiger partial charge in [0.15, 0.2) is 4.87 Å². The van der Waals surface area contributed by atoms with Crippen LogP contribution in [0.15, 0.2) is 78.9 Å². The van der Waals surface area contributed by atoms with Crippen molar-refractivity contribution in [2.45, 2.75) is 36.9 Å². The van der Waals surface area contributed by atoms with E-state index in [1.54, 1.807) is 16.7 Å². The standard InChI is InChI=1S/C27H27N3O2S/c1-19-10-9-13-21(16-19)28-25(32)30-18-26(2,3)33-27(30)22-14-7-8-15-23(22)29(24(27)31)17-20-11-5-4-6-12-20/h4-16H,17-18H2,1-3H3,(H,28,32)/t27-/m0/s1. The number of benzene rings is 3. The van der Waals surface area contributed by atoms with E-state index in [2.05, 4.69) is 19.2 Å². The van der Waals surface area contributed by atoms with Crippen LogP contribution in [0.2, 0.25) is 0 Å². The number of amides is 3. The van der Waals surface area contributed by atoms with Crippen LogP contribution in [0.1, 0.15) is 30.5 Å². The second-order valence-corrected chi connectivity index (χ2v) is 11.2. The predicted molar refractivity (Wildman–Crippen MR) is 134 cm³/mol. The van der Waals surface area contributed by atoms with E-state index >= 15 is 0 Å². The molecule has 6 heteroatoms. The predicted octanol–water partition coefficient (Wildman–Crippen LogP) is 5.75. The molecule has 3 aromatic rings. The van der Waals surface area contributed by atoms with Gasteiger partial charge in [0.2, 0.25) is 0 Å². The highest BCUT2D eigenvalue weighted by Crippen LogP contribution is 2.59. The van der Waals surface area contributed by atoms with E-state index in [0.29, 0.717) is 13.1 Å². The second-order valence-electron chi connectivity index (χ2n) is 9.29. The van der Waals surface area contributed by atoms with Crippen LogP contribution < -0.4 is 10.2 Å².